The highest BCUT2D eigenvalue weighted by Crippen LogP contribution is 2.43. The molecule has 4 heteroatoms. The molecule has 0 aromatic heterocycles. The fraction of sp³-hybridized carbons (Fsp3) is 0.600. The number of nitrogens with zero attached hydrogens (tertiary/aromatic N) is 1. The van der Waals surface area contributed by atoms with Crippen molar-refractivity contribution < 1.29 is 4.39 Å². The molecule has 0 radical (unpaired) electrons. The zero-order valence-corrected chi connectivity index (χ0v) is 12.6. The van der Waals surface area contributed by atoms with Gasteiger partial charge in [-0.05, 0) is 46.3 Å². The lowest BCUT2D eigenvalue weighted by Crippen LogP contribution is -2.48. The van der Waals surface area contributed by atoms with Crippen molar-refractivity contribution in [3.63, 3.8) is 0 Å². The first-order valence-corrected chi connectivity index (χ1v) is 7.95. The van der Waals surface area contributed by atoms with Gasteiger partial charge in [-0.3, -0.25) is 4.90 Å². The lowest BCUT2D eigenvalue weighted by molar-refractivity contribution is 0.0830. The van der Waals surface area contributed by atoms with E-state index in [2.05, 4.69) is 32.2 Å². The van der Waals surface area contributed by atoms with Gasteiger partial charge < -0.3 is 5.32 Å². The SMILES string of the molecule is Fc1cccc([C@H](C2CCC2)N2CCNCC2)c1Br. The molecular formula is C15H20BrFN2. The number of piperazine rings is 1. The van der Waals surface area contributed by atoms with Gasteiger partial charge in [0.2, 0.25) is 0 Å². The van der Waals surface area contributed by atoms with Crippen molar-refractivity contribution in [2.24, 2.45) is 5.92 Å². The van der Waals surface area contributed by atoms with Crippen molar-refractivity contribution in [1.29, 1.82) is 0 Å². The molecule has 0 bridgehead atoms. The Morgan fingerprint density at radius 1 is 1.26 bits per heavy atom. The Labute approximate surface area is 122 Å². The maximum atomic E-state index is 13.8. The number of rotatable bonds is 3. The van der Waals surface area contributed by atoms with E-state index < -0.39 is 0 Å². The van der Waals surface area contributed by atoms with Crippen LogP contribution in [0.5, 0.6) is 0 Å². The van der Waals surface area contributed by atoms with Gasteiger partial charge in [0.05, 0.1) is 4.47 Å². The van der Waals surface area contributed by atoms with Crippen LogP contribution in [0.2, 0.25) is 0 Å². The highest BCUT2D eigenvalue weighted by molar-refractivity contribution is 9.10. The largest absolute Gasteiger partial charge is 0.314 e. The number of benzene rings is 1. The van der Waals surface area contributed by atoms with Gasteiger partial charge in [0.25, 0.3) is 0 Å². The molecule has 3 rings (SSSR count). The lowest BCUT2D eigenvalue weighted by atomic mass is 9.76. The summed E-state index contributed by atoms with van der Waals surface area (Å²) in [4.78, 5) is 2.53. The Morgan fingerprint density at radius 2 is 2.00 bits per heavy atom. The Hall–Kier alpha value is -0.450. The predicted molar refractivity (Wildman–Crippen MR) is 78.6 cm³/mol. The molecule has 1 heterocycles. The van der Waals surface area contributed by atoms with Crippen molar-refractivity contribution in [3.8, 4) is 0 Å². The van der Waals surface area contributed by atoms with Crippen LogP contribution in [-0.2, 0) is 0 Å². The predicted octanol–water partition coefficient (Wildman–Crippen LogP) is 3.33. The second-order valence-corrected chi connectivity index (χ2v) is 6.36. The minimum absolute atomic E-state index is 0.142. The van der Waals surface area contributed by atoms with Crippen LogP contribution in [-0.4, -0.2) is 31.1 Å². The maximum Gasteiger partial charge on any atom is 0.137 e. The normalized spacial score (nSPS) is 23.1. The number of halogens is 2. The molecule has 2 aliphatic rings. The number of hydrogen-bond acceptors (Lipinski definition) is 2. The Morgan fingerprint density at radius 3 is 2.63 bits per heavy atom. The fourth-order valence-electron chi connectivity index (χ4n) is 3.21. The molecule has 1 saturated carbocycles. The number of nitrogens with one attached hydrogen (secondary N) is 1. The molecule has 1 atom stereocenters. The van der Waals surface area contributed by atoms with Crippen LogP contribution in [0.1, 0.15) is 30.9 Å². The monoisotopic (exact) mass is 326 g/mol. The molecule has 0 unspecified atom stereocenters. The van der Waals surface area contributed by atoms with E-state index in [-0.39, 0.29) is 5.82 Å². The lowest BCUT2D eigenvalue weighted by Gasteiger charge is -2.43. The molecule has 1 aliphatic carbocycles. The van der Waals surface area contributed by atoms with Crippen molar-refractivity contribution in [2.75, 3.05) is 26.2 Å². The van der Waals surface area contributed by atoms with Gasteiger partial charge in [0.15, 0.2) is 0 Å². The quantitative estimate of drug-likeness (QED) is 0.916. The zero-order chi connectivity index (χ0) is 13.2. The van der Waals surface area contributed by atoms with Crippen LogP contribution < -0.4 is 5.32 Å². The Bertz CT molecular complexity index is 442. The van der Waals surface area contributed by atoms with Gasteiger partial charge in [-0.1, -0.05) is 18.6 Å². The molecule has 1 N–H and O–H groups in total. The second-order valence-electron chi connectivity index (χ2n) is 5.56. The minimum atomic E-state index is -0.142. The molecular weight excluding hydrogens is 307 g/mol. The van der Waals surface area contributed by atoms with E-state index in [9.17, 15) is 4.39 Å². The molecule has 1 saturated heterocycles. The summed E-state index contributed by atoms with van der Waals surface area (Å²) in [5, 5.41) is 3.39. The standard InChI is InChI=1S/C15H20BrFN2/c16-14-12(5-2-6-13(14)17)15(11-3-1-4-11)19-9-7-18-8-10-19/h2,5-6,11,15,18H,1,3-4,7-10H2/t15-/m0/s1. The Balaban J connectivity index is 1.91. The van der Waals surface area contributed by atoms with Crippen LogP contribution in [0.4, 0.5) is 4.39 Å². The molecule has 104 valence electrons. The highest BCUT2D eigenvalue weighted by Gasteiger charge is 2.34. The molecule has 1 aromatic carbocycles. The summed E-state index contributed by atoms with van der Waals surface area (Å²) in [5.74, 6) is 0.549. The maximum absolute atomic E-state index is 13.8. The third kappa shape index (κ3) is 2.71. The van der Waals surface area contributed by atoms with E-state index in [1.54, 1.807) is 0 Å². The molecule has 1 aliphatic heterocycles. The summed E-state index contributed by atoms with van der Waals surface area (Å²) >= 11 is 3.45. The number of hydrogen-bond donors (Lipinski definition) is 1. The molecule has 19 heavy (non-hydrogen) atoms. The summed E-state index contributed by atoms with van der Waals surface area (Å²) in [5.41, 5.74) is 1.13. The van der Waals surface area contributed by atoms with Crippen molar-refractivity contribution in [1.82, 2.24) is 10.2 Å². The molecule has 1 aromatic rings. The average molecular weight is 327 g/mol. The van der Waals surface area contributed by atoms with Gasteiger partial charge in [0, 0.05) is 32.2 Å². The highest BCUT2D eigenvalue weighted by atomic mass is 79.9. The molecule has 2 fully saturated rings. The summed E-state index contributed by atoms with van der Waals surface area (Å²) < 4.78 is 14.5. The molecule has 2 nitrogen and oxygen atoms in total. The van der Waals surface area contributed by atoms with Gasteiger partial charge in [-0.25, -0.2) is 4.39 Å². The summed E-state index contributed by atoms with van der Waals surface area (Å²) in [6, 6.07) is 5.82. The minimum Gasteiger partial charge on any atom is -0.314 e. The van der Waals surface area contributed by atoms with Crippen LogP contribution in [0.3, 0.4) is 0 Å². The fourth-order valence-corrected chi connectivity index (χ4v) is 3.71. The zero-order valence-electron chi connectivity index (χ0n) is 11.0. The van der Waals surface area contributed by atoms with E-state index in [0.29, 0.717) is 16.4 Å². The van der Waals surface area contributed by atoms with Gasteiger partial charge >= 0.3 is 0 Å². The first-order chi connectivity index (χ1) is 9.27. The molecule has 0 spiro atoms. The summed E-state index contributed by atoms with van der Waals surface area (Å²) in [7, 11) is 0. The first kappa shape index (κ1) is 13.5. The van der Waals surface area contributed by atoms with E-state index >= 15 is 0 Å². The topological polar surface area (TPSA) is 15.3 Å². The van der Waals surface area contributed by atoms with Crippen LogP contribution in [0, 0.1) is 11.7 Å². The van der Waals surface area contributed by atoms with Crippen molar-refractivity contribution >= 4 is 15.9 Å². The Kier molecular flexibility index (Phi) is 4.20. The second kappa shape index (κ2) is 5.90. The van der Waals surface area contributed by atoms with E-state index in [1.807, 2.05) is 6.07 Å². The van der Waals surface area contributed by atoms with Crippen molar-refractivity contribution in [3.05, 3.63) is 34.1 Å². The van der Waals surface area contributed by atoms with Crippen LogP contribution in [0.25, 0.3) is 0 Å². The van der Waals surface area contributed by atoms with Crippen LogP contribution in [0.15, 0.2) is 22.7 Å². The first-order valence-electron chi connectivity index (χ1n) is 7.16. The third-order valence-corrected chi connectivity index (χ3v) is 5.28. The van der Waals surface area contributed by atoms with E-state index in [0.717, 1.165) is 31.7 Å². The smallest absolute Gasteiger partial charge is 0.137 e. The van der Waals surface area contributed by atoms with E-state index in [4.69, 9.17) is 0 Å². The summed E-state index contributed by atoms with van der Waals surface area (Å²) in [6.45, 7) is 4.19. The average Bonchev–Trinajstić information content (AvgIpc) is 2.38. The molecule has 0 amide bonds. The summed E-state index contributed by atoms with van der Waals surface area (Å²) in [6.07, 6.45) is 3.87. The third-order valence-electron chi connectivity index (χ3n) is 4.44. The van der Waals surface area contributed by atoms with Crippen molar-refractivity contribution in [2.45, 2.75) is 25.3 Å². The van der Waals surface area contributed by atoms with Crippen LogP contribution >= 0.6 is 15.9 Å². The van der Waals surface area contributed by atoms with Gasteiger partial charge in [-0.2, -0.15) is 0 Å². The van der Waals surface area contributed by atoms with Gasteiger partial charge in [-0.15, -0.1) is 0 Å². The van der Waals surface area contributed by atoms with E-state index in [1.165, 1.54) is 25.3 Å². The van der Waals surface area contributed by atoms with Gasteiger partial charge in [0.1, 0.15) is 5.82 Å².